The number of nitrogens with one attached hydrogen (secondary N) is 1. The van der Waals surface area contributed by atoms with Crippen molar-refractivity contribution in [2.75, 3.05) is 6.54 Å². The number of sulfonamides is 1. The zero-order valence-corrected chi connectivity index (χ0v) is 14.7. The standard InChI is InChI=1S/C15H12FN3O5S2/c16-11-3-1-2-4-12(11)26(22,23)17-8-14(21)24-9-10-7-13(20)19-5-6-25-15(19)18-10/h1-7,17H,8-9H2. The number of hydrogen-bond acceptors (Lipinski definition) is 7. The number of fused-ring (bicyclic) bond motifs is 1. The molecule has 0 aliphatic heterocycles. The van der Waals surface area contributed by atoms with Gasteiger partial charge in [0.25, 0.3) is 5.56 Å². The summed E-state index contributed by atoms with van der Waals surface area (Å²) >= 11 is 1.25. The van der Waals surface area contributed by atoms with Crippen LogP contribution in [0.2, 0.25) is 0 Å². The highest BCUT2D eigenvalue weighted by Crippen LogP contribution is 2.13. The number of hydrogen-bond donors (Lipinski definition) is 1. The molecule has 136 valence electrons. The second-order valence-electron chi connectivity index (χ2n) is 5.06. The van der Waals surface area contributed by atoms with E-state index in [1.165, 1.54) is 33.9 Å². The van der Waals surface area contributed by atoms with Crippen molar-refractivity contribution < 1.29 is 22.3 Å². The van der Waals surface area contributed by atoms with Gasteiger partial charge in [0.15, 0.2) is 4.96 Å². The number of carbonyl (C=O) groups excluding carboxylic acids is 1. The smallest absolute Gasteiger partial charge is 0.321 e. The molecule has 0 saturated carbocycles. The lowest BCUT2D eigenvalue weighted by Gasteiger charge is -2.08. The van der Waals surface area contributed by atoms with Gasteiger partial charge in [-0.1, -0.05) is 12.1 Å². The van der Waals surface area contributed by atoms with Crippen LogP contribution in [0.5, 0.6) is 0 Å². The van der Waals surface area contributed by atoms with Crippen molar-refractivity contribution in [3.63, 3.8) is 0 Å². The van der Waals surface area contributed by atoms with Crippen molar-refractivity contribution in [2.45, 2.75) is 11.5 Å². The second-order valence-corrected chi connectivity index (χ2v) is 7.67. The Bertz CT molecular complexity index is 1120. The molecule has 0 aliphatic rings. The predicted molar refractivity (Wildman–Crippen MR) is 90.7 cm³/mol. The minimum Gasteiger partial charge on any atom is -0.458 e. The molecule has 0 spiro atoms. The van der Waals surface area contributed by atoms with E-state index < -0.39 is 33.3 Å². The third kappa shape index (κ3) is 3.95. The summed E-state index contributed by atoms with van der Waals surface area (Å²) in [5.41, 5.74) is -0.0784. The maximum absolute atomic E-state index is 13.5. The van der Waals surface area contributed by atoms with Gasteiger partial charge in [0.1, 0.15) is 23.9 Å². The number of esters is 1. The first-order chi connectivity index (χ1) is 12.4. The van der Waals surface area contributed by atoms with Crippen LogP contribution in [0.15, 0.2) is 51.6 Å². The first-order valence-electron chi connectivity index (χ1n) is 7.22. The molecule has 0 aliphatic carbocycles. The minimum atomic E-state index is -4.19. The summed E-state index contributed by atoms with van der Waals surface area (Å²) in [5, 5.41) is 1.69. The number of benzene rings is 1. The van der Waals surface area contributed by atoms with Gasteiger partial charge in [-0.25, -0.2) is 17.8 Å². The monoisotopic (exact) mass is 397 g/mol. The number of aromatic nitrogens is 2. The summed E-state index contributed by atoms with van der Waals surface area (Å²) in [4.78, 5) is 27.6. The molecule has 0 amide bonds. The number of carbonyl (C=O) groups is 1. The summed E-state index contributed by atoms with van der Waals surface area (Å²) in [6.45, 7) is -0.971. The van der Waals surface area contributed by atoms with Gasteiger partial charge in [-0.05, 0) is 12.1 Å². The van der Waals surface area contributed by atoms with E-state index in [9.17, 15) is 22.4 Å². The molecule has 11 heteroatoms. The lowest BCUT2D eigenvalue weighted by molar-refractivity contribution is -0.143. The topological polar surface area (TPSA) is 107 Å². The molecule has 3 aromatic rings. The third-order valence-corrected chi connectivity index (χ3v) is 5.46. The maximum atomic E-state index is 13.5. The molecule has 2 heterocycles. The van der Waals surface area contributed by atoms with Crippen LogP contribution in [0.25, 0.3) is 4.96 Å². The largest absolute Gasteiger partial charge is 0.458 e. The Morgan fingerprint density at radius 2 is 2.12 bits per heavy atom. The van der Waals surface area contributed by atoms with E-state index in [2.05, 4.69) is 4.98 Å². The van der Waals surface area contributed by atoms with Crippen LogP contribution < -0.4 is 10.3 Å². The van der Waals surface area contributed by atoms with Gasteiger partial charge in [0, 0.05) is 17.6 Å². The molecule has 1 aromatic carbocycles. The van der Waals surface area contributed by atoms with Crippen LogP contribution in [-0.2, 0) is 26.2 Å². The fourth-order valence-electron chi connectivity index (χ4n) is 2.06. The molecule has 0 atom stereocenters. The Morgan fingerprint density at radius 3 is 2.88 bits per heavy atom. The van der Waals surface area contributed by atoms with Crippen LogP contribution in [0.4, 0.5) is 4.39 Å². The van der Waals surface area contributed by atoms with Crippen LogP contribution in [0.1, 0.15) is 5.69 Å². The highest BCUT2D eigenvalue weighted by molar-refractivity contribution is 7.89. The number of nitrogens with zero attached hydrogens (tertiary/aromatic N) is 2. The van der Waals surface area contributed by atoms with Crippen LogP contribution in [0, 0.1) is 5.82 Å². The normalized spacial score (nSPS) is 11.6. The molecule has 26 heavy (non-hydrogen) atoms. The van der Waals surface area contributed by atoms with Crippen molar-refractivity contribution >= 4 is 32.3 Å². The van der Waals surface area contributed by atoms with Gasteiger partial charge in [0.2, 0.25) is 10.0 Å². The summed E-state index contributed by atoms with van der Waals surface area (Å²) in [7, 11) is -4.19. The SMILES string of the molecule is O=C(CNS(=O)(=O)c1ccccc1F)OCc1cc(=O)n2ccsc2n1. The highest BCUT2D eigenvalue weighted by atomic mass is 32.2. The van der Waals surface area contributed by atoms with Crippen molar-refractivity contribution in [1.29, 1.82) is 0 Å². The first-order valence-corrected chi connectivity index (χ1v) is 9.59. The molecule has 0 unspecified atom stereocenters. The molecular weight excluding hydrogens is 385 g/mol. The molecule has 8 nitrogen and oxygen atoms in total. The summed E-state index contributed by atoms with van der Waals surface area (Å²) in [6, 6.07) is 6.01. The van der Waals surface area contributed by atoms with Gasteiger partial charge in [-0.2, -0.15) is 4.72 Å². The Labute approximate surface area is 150 Å². The molecule has 0 fully saturated rings. The van der Waals surface area contributed by atoms with Crippen molar-refractivity contribution in [3.8, 4) is 0 Å². The fraction of sp³-hybridized carbons (Fsp3) is 0.133. The quantitative estimate of drug-likeness (QED) is 0.620. The average Bonchev–Trinajstić information content (AvgIpc) is 3.08. The second kappa shape index (κ2) is 7.32. The van der Waals surface area contributed by atoms with Gasteiger partial charge < -0.3 is 4.74 Å². The lowest BCUT2D eigenvalue weighted by Crippen LogP contribution is -2.31. The zero-order valence-electron chi connectivity index (χ0n) is 13.1. The molecule has 2 aromatic heterocycles. The van der Waals surface area contributed by atoms with Crippen LogP contribution in [0.3, 0.4) is 0 Å². The van der Waals surface area contributed by atoms with E-state index in [0.717, 1.165) is 12.1 Å². The van der Waals surface area contributed by atoms with E-state index in [1.807, 2.05) is 4.72 Å². The van der Waals surface area contributed by atoms with Gasteiger partial charge in [-0.3, -0.25) is 14.0 Å². The van der Waals surface area contributed by atoms with Crippen molar-refractivity contribution in [2.24, 2.45) is 0 Å². The third-order valence-electron chi connectivity index (χ3n) is 3.27. The lowest BCUT2D eigenvalue weighted by atomic mass is 10.4. The Balaban J connectivity index is 1.60. The molecule has 0 bridgehead atoms. The molecule has 0 radical (unpaired) electrons. The Hall–Kier alpha value is -2.63. The summed E-state index contributed by atoms with van der Waals surface area (Å²) in [6.07, 6.45) is 1.57. The molecule has 3 rings (SSSR count). The minimum absolute atomic E-state index is 0.239. The summed E-state index contributed by atoms with van der Waals surface area (Å²) < 4.78 is 45.7. The Morgan fingerprint density at radius 1 is 1.35 bits per heavy atom. The molecule has 0 saturated heterocycles. The van der Waals surface area contributed by atoms with Gasteiger partial charge >= 0.3 is 5.97 Å². The summed E-state index contributed by atoms with van der Waals surface area (Å²) in [5.74, 6) is -1.82. The Kier molecular flexibility index (Phi) is 5.11. The van der Waals surface area contributed by atoms with E-state index in [1.54, 1.807) is 11.6 Å². The van der Waals surface area contributed by atoms with E-state index in [0.29, 0.717) is 4.96 Å². The highest BCUT2D eigenvalue weighted by Gasteiger charge is 2.19. The van der Waals surface area contributed by atoms with E-state index in [4.69, 9.17) is 4.74 Å². The van der Waals surface area contributed by atoms with Gasteiger partial charge in [-0.15, -0.1) is 11.3 Å². The van der Waals surface area contributed by atoms with Crippen LogP contribution in [-0.4, -0.2) is 30.3 Å². The van der Waals surface area contributed by atoms with Gasteiger partial charge in [0.05, 0.1) is 5.69 Å². The number of thiazole rings is 1. The predicted octanol–water partition coefficient (Wildman–Crippen LogP) is 0.917. The number of halogens is 1. The fourth-order valence-corrected chi connectivity index (χ4v) is 3.85. The zero-order chi connectivity index (χ0) is 18.7. The average molecular weight is 397 g/mol. The molecular formula is C15H12FN3O5S2. The van der Waals surface area contributed by atoms with Crippen molar-refractivity contribution in [1.82, 2.24) is 14.1 Å². The first kappa shape index (κ1) is 18.2. The van der Waals surface area contributed by atoms with E-state index in [-0.39, 0.29) is 17.9 Å². The van der Waals surface area contributed by atoms with E-state index >= 15 is 0 Å². The number of ether oxygens (including phenoxy) is 1. The van der Waals surface area contributed by atoms with Crippen molar-refractivity contribution in [3.05, 3.63) is 63.8 Å². The number of rotatable bonds is 6. The van der Waals surface area contributed by atoms with Crippen LogP contribution >= 0.6 is 11.3 Å². The maximum Gasteiger partial charge on any atom is 0.321 e. The molecule has 1 N–H and O–H groups in total.